The molecule has 0 aliphatic heterocycles. The van der Waals surface area contributed by atoms with E-state index in [1.807, 2.05) is 24.4 Å². The SMILES string of the molecule is CN(CCn1cc(-c2cnc3ccc(I)nc3c2)cn1)C(=O)O. The third kappa shape index (κ3) is 3.58. The Morgan fingerprint density at radius 3 is 2.91 bits per heavy atom. The van der Waals surface area contributed by atoms with Gasteiger partial charge in [0.2, 0.25) is 0 Å². The number of rotatable bonds is 4. The number of amides is 1. The maximum absolute atomic E-state index is 10.8. The van der Waals surface area contributed by atoms with Crippen molar-refractivity contribution in [1.29, 1.82) is 0 Å². The summed E-state index contributed by atoms with van der Waals surface area (Å²) in [5.41, 5.74) is 3.56. The summed E-state index contributed by atoms with van der Waals surface area (Å²) >= 11 is 2.17. The first-order chi connectivity index (χ1) is 11.0. The number of carboxylic acid groups (broad SMARTS) is 1. The number of aromatic nitrogens is 4. The summed E-state index contributed by atoms with van der Waals surface area (Å²) in [6.07, 6.45) is 4.47. The molecular formula is C15H14IN5O2. The van der Waals surface area contributed by atoms with Crippen LogP contribution in [0.25, 0.3) is 22.2 Å². The van der Waals surface area contributed by atoms with E-state index in [0.717, 1.165) is 25.9 Å². The minimum Gasteiger partial charge on any atom is -0.465 e. The molecule has 0 aliphatic carbocycles. The minimum absolute atomic E-state index is 0.381. The second kappa shape index (κ2) is 6.49. The normalized spacial score (nSPS) is 10.9. The van der Waals surface area contributed by atoms with Gasteiger partial charge in [-0.1, -0.05) is 0 Å². The smallest absolute Gasteiger partial charge is 0.407 e. The molecule has 0 spiro atoms. The molecule has 3 aromatic heterocycles. The fraction of sp³-hybridized carbons (Fsp3) is 0.200. The Labute approximate surface area is 146 Å². The van der Waals surface area contributed by atoms with Gasteiger partial charge in [-0.15, -0.1) is 0 Å². The van der Waals surface area contributed by atoms with Gasteiger partial charge in [-0.05, 0) is 40.8 Å². The van der Waals surface area contributed by atoms with Crippen molar-refractivity contribution >= 4 is 39.7 Å². The van der Waals surface area contributed by atoms with Gasteiger partial charge in [-0.25, -0.2) is 9.78 Å². The summed E-state index contributed by atoms with van der Waals surface area (Å²) in [7, 11) is 1.54. The topological polar surface area (TPSA) is 84.1 Å². The minimum atomic E-state index is -0.947. The molecule has 118 valence electrons. The Morgan fingerprint density at radius 1 is 1.30 bits per heavy atom. The molecule has 1 N–H and O–H groups in total. The Hall–Kier alpha value is -2.23. The number of hydrogen-bond acceptors (Lipinski definition) is 4. The highest BCUT2D eigenvalue weighted by Gasteiger charge is 2.08. The molecule has 0 fully saturated rings. The van der Waals surface area contributed by atoms with Crippen LogP contribution in [0.5, 0.6) is 0 Å². The molecule has 3 aromatic rings. The molecule has 3 rings (SSSR count). The van der Waals surface area contributed by atoms with Crippen LogP contribution in [0.1, 0.15) is 0 Å². The van der Waals surface area contributed by atoms with Gasteiger partial charge in [0.15, 0.2) is 0 Å². The number of carbonyl (C=O) groups is 1. The summed E-state index contributed by atoms with van der Waals surface area (Å²) < 4.78 is 2.64. The highest BCUT2D eigenvalue weighted by Crippen LogP contribution is 2.21. The standard InChI is InChI=1S/C15H14IN5O2/c1-20(15(22)23)4-5-21-9-11(8-18-21)10-6-13-12(17-7-10)2-3-14(16)19-13/h2-3,6-9H,4-5H2,1H3,(H,22,23). The number of nitrogens with zero attached hydrogens (tertiary/aromatic N) is 5. The van der Waals surface area contributed by atoms with Crippen LogP contribution >= 0.6 is 22.6 Å². The molecule has 0 saturated carbocycles. The maximum atomic E-state index is 10.8. The lowest BCUT2D eigenvalue weighted by atomic mass is 10.1. The number of fused-ring (bicyclic) bond motifs is 1. The average Bonchev–Trinajstić information content (AvgIpc) is 3.00. The van der Waals surface area contributed by atoms with Crippen molar-refractivity contribution in [2.24, 2.45) is 0 Å². The Kier molecular flexibility index (Phi) is 4.42. The number of halogens is 1. The molecule has 0 unspecified atom stereocenters. The van der Waals surface area contributed by atoms with Crippen LogP contribution in [0.15, 0.2) is 36.8 Å². The van der Waals surface area contributed by atoms with Crippen LogP contribution in [0, 0.1) is 3.70 Å². The van der Waals surface area contributed by atoms with Crippen LogP contribution < -0.4 is 0 Å². The third-order valence-corrected chi connectivity index (χ3v) is 4.06. The summed E-state index contributed by atoms with van der Waals surface area (Å²) in [6, 6.07) is 5.85. The molecule has 23 heavy (non-hydrogen) atoms. The predicted molar refractivity (Wildman–Crippen MR) is 94.1 cm³/mol. The van der Waals surface area contributed by atoms with Gasteiger partial charge in [0.1, 0.15) is 3.70 Å². The van der Waals surface area contributed by atoms with Crippen LogP contribution in [-0.4, -0.2) is 49.4 Å². The molecule has 3 heterocycles. The quantitative estimate of drug-likeness (QED) is 0.516. The van der Waals surface area contributed by atoms with Crippen molar-refractivity contribution < 1.29 is 9.90 Å². The molecule has 0 bridgehead atoms. The van der Waals surface area contributed by atoms with E-state index in [9.17, 15) is 4.79 Å². The molecule has 0 aromatic carbocycles. The van der Waals surface area contributed by atoms with Crippen LogP contribution in [0.2, 0.25) is 0 Å². The summed E-state index contributed by atoms with van der Waals surface area (Å²) in [6.45, 7) is 0.881. The Morgan fingerprint density at radius 2 is 2.13 bits per heavy atom. The van der Waals surface area contributed by atoms with E-state index in [0.29, 0.717) is 13.1 Å². The predicted octanol–water partition coefficient (Wildman–Crippen LogP) is 2.71. The van der Waals surface area contributed by atoms with Gasteiger partial charge in [0.05, 0.1) is 23.8 Å². The first-order valence-corrected chi connectivity index (χ1v) is 8.00. The van der Waals surface area contributed by atoms with E-state index in [2.05, 4.69) is 37.7 Å². The van der Waals surface area contributed by atoms with Crippen LogP contribution in [-0.2, 0) is 6.54 Å². The summed E-state index contributed by atoms with van der Waals surface area (Å²) in [4.78, 5) is 20.9. The van der Waals surface area contributed by atoms with Crippen molar-refractivity contribution in [2.75, 3.05) is 13.6 Å². The lowest BCUT2D eigenvalue weighted by molar-refractivity contribution is 0.154. The zero-order chi connectivity index (χ0) is 16.4. The van der Waals surface area contributed by atoms with Crippen molar-refractivity contribution in [2.45, 2.75) is 6.54 Å². The van der Waals surface area contributed by atoms with Crippen molar-refractivity contribution in [1.82, 2.24) is 24.6 Å². The first-order valence-electron chi connectivity index (χ1n) is 6.92. The fourth-order valence-electron chi connectivity index (χ4n) is 2.12. The molecule has 8 heteroatoms. The Bertz CT molecular complexity index is 864. The molecule has 1 amide bonds. The van der Waals surface area contributed by atoms with Gasteiger partial charge in [0.25, 0.3) is 0 Å². The largest absolute Gasteiger partial charge is 0.465 e. The Balaban J connectivity index is 1.81. The van der Waals surface area contributed by atoms with Gasteiger partial charge in [-0.3, -0.25) is 9.67 Å². The third-order valence-electron chi connectivity index (χ3n) is 3.46. The van der Waals surface area contributed by atoms with Crippen molar-refractivity contribution in [3.8, 4) is 11.1 Å². The van der Waals surface area contributed by atoms with Gasteiger partial charge < -0.3 is 10.0 Å². The highest BCUT2D eigenvalue weighted by atomic mass is 127. The van der Waals surface area contributed by atoms with E-state index >= 15 is 0 Å². The van der Waals surface area contributed by atoms with Crippen LogP contribution in [0.4, 0.5) is 4.79 Å². The van der Waals surface area contributed by atoms with E-state index in [4.69, 9.17) is 5.11 Å². The van der Waals surface area contributed by atoms with Gasteiger partial charge in [-0.2, -0.15) is 5.10 Å². The monoisotopic (exact) mass is 423 g/mol. The molecule has 7 nitrogen and oxygen atoms in total. The van der Waals surface area contributed by atoms with E-state index in [-0.39, 0.29) is 0 Å². The van der Waals surface area contributed by atoms with Crippen molar-refractivity contribution in [3.05, 3.63) is 40.5 Å². The molecular weight excluding hydrogens is 409 g/mol. The summed E-state index contributed by atoms with van der Waals surface area (Å²) in [5.74, 6) is 0. The van der Waals surface area contributed by atoms with E-state index in [1.54, 1.807) is 17.1 Å². The first kappa shape index (κ1) is 15.7. The van der Waals surface area contributed by atoms with E-state index in [1.165, 1.54) is 11.9 Å². The van der Waals surface area contributed by atoms with Gasteiger partial charge >= 0.3 is 6.09 Å². The van der Waals surface area contributed by atoms with E-state index < -0.39 is 6.09 Å². The number of hydrogen-bond donors (Lipinski definition) is 1. The highest BCUT2D eigenvalue weighted by molar-refractivity contribution is 14.1. The van der Waals surface area contributed by atoms with Crippen molar-refractivity contribution in [3.63, 3.8) is 0 Å². The number of pyridine rings is 2. The molecule has 0 aliphatic rings. The second-order valence-corrected chi connectivity index (χ2v) is 6.20. The second-order valence-electron chi connectivity index (χ2n) is 5.09. The van der Waals surface area contributed by atoms with Gasteiger partial charge in [0, 0.05) is 37.1 Å². The maximum Gasteiger partial charge on any atom is 0.407 e. The fourth-order valence-corrected chi connectivity index (χ4v) is 2.56. The molecule has 0 atom stereocenters. The average molecular weight is 423 g/mol. The zero-order valence-corrected chi connectivity index (χ0v) is 14.5. The van der Waals surface area contributed by atoms with Crippen LogP contribution in [0.3, 0.4) is 0 Å². The summed E-state index contributed by atoms with van der Waals surface area (Å²) in [5, 5.41) is 13.1. The zero-order valence-electron chi connectivity index (χ0n) is 12.3. The number of likely N-dealkylation sites (N-methyl/N-ethyl adjacent to an activating group) is 1. The molecule has 0 saturated heterocycles. The molecule has 0 radical (unpaired) electrons. The lowest BCUT2D eigenvalue weighted by Crippen LogP contribution is -2.28. The lowest BCUT2D eigenvalue weighted by Gasteiger charge is -2.12.